The van der Waals surface area contributed by atoms with Gasteiger partial charge in [-0.1, -0.05) is 25.5 Å². The van der Waals surface area contributed by atoms with Gasteiger partial charge in [-0.05, 0) is 38.8 Å². The van der Waals surface area contributed by atoms with Gasteiger partial charge in [-0.3, -0.25) is 0 Å². The van der Waals surface area contributed by atoms with Crippen LogP contribution >= 0.6 is 0 Å². The molecule has 0 saturated heterocycles. The minimum absolute atomic E-state index is 0.152. The van der Waals surface area contributed by atoms with Crippen molar-refractivity contribution in [1.82, 2.24) is 5.32 Å². The second kappa shape index (κ2) is 6.92. The van der Waals surface area contributed by atoms with E-state index < -0.39 is 5.60 Å². The van der Waals surface area contributed by atoms with Crippen LogP contribution in [0.4, 0.5) is 0 Å². The summed E-state index contributed by atoms with van der Waals surface area (Å²) in [6.07, 6.45) is 1.79. The van der Waals surface area contributed by atoms with E-state index in [-0.39, 0.29) is 6.04 Å². The first-order chi connectivity index (χ1) is 8.89. The highest BCUT2D eigenvalue weighted by Gasteiger charge is 2.20. The molecule has 19 heavy (non-hydrogen) atoms. The molecule has 0 aromatic heterocycles. The quantitative estimate of drug-likeness (QED) is 0.795. The Hall–Kier alpha value is -1.06. The molecule has 1 aromatic carbocycles. The molecule has 0 aliphatic rings. The van der Waals surface area contributed by atoms with E-state index in [2.05, 4.69) is 38.2 Å². The number of hydrogen-bond acceptors (Lipinski definition) is 3. The third-order valence-corrected chi connectivity index (χ3v) is 3.43. The number of hydrogen-bond donors (Lipinski definition) is 2. The topological polar surface area (TPSA) is 41.5 Å². The summed E-state index contributed by atoms with van der Waals surface area (Å²) in [4.78, 5) is 0. The molecule has 0 bridgehead atoms. The molecule has 0 amide bonds. The summed E-state index contributed by atoms with van der Waals surface area (Å²) in [6, 6.07) is 6.36. The van der Waals surface area contributed by atoms with E-state index in [1.807, 2.05) is 13.0 Å². The van der Waals surface area contributed by atoms with Crippen molar-refractivity contribution >= 4 is 0 Å². The van der Waals surface area contributed by atoms with Gasteiger partial charge < -0.3 is 15.2 Å². The van der Waals surface area contributed by atoms with Crippen LogP contribution in [0.3, 0.4) is 0 Å². The number of aliphatic hydroxyl groups is 1. The van der Waals surface area contributed by atoms with Crippen molar-refractivity contribution < 1.29 is 9.84 Å². The van der Waals surface area contributed by atoms with Crippen molar-refractivity contribution in [1.29, 1.82) is 0 Å². The molecule has 1 rings (SSSR count). The minimum atomic E-state index is -0.652. The molecule has 0 fully saturated rings. The van der Waals surface area contributed by atoms with E-state index in [0.717, 1.165) is 24.2 Å². The fraction of sp³-hybridized carbons (Fsp3) is 0.625. The number of methoxy groups -OCH3 is 1. The Morgan fingerprint density at radius 3 is 2.68 bits per heavy atom. The summed E-state index contributed by atoms with van der Waals surface area (Å²) >= 11 is 0. The Kier molecular flexibility index (Phi) is 5.83. The van der Waals surface area contributed by atoms with E-state index in [4.69, 9.17) is 4.74 Å². The van der Waals surface area contributed by atoms with Gasteiger partial charge in [0.2, 0.25) is 0 Å². The van der Waals surface area contributed by atoms with Crippen molar-refractivity contribution in [2.45, 2.75) is 52.2 Å². The first-order valence-electron chi connectivity index (χ1n) is 7.00. The van der Waals surface area contributed by atoms with Crippen LogP contribution in [0.25, 0.3) is 0 Å². The highest BCUT2D eigenvalue weighted by molar-refractivity contribution is 5.39. The molecule has 2 unspecified atom stereocenters. The average molecular weight is 265 g/mol. The fourth-order valence-electron chi connectivity index (χ4n) is 2.29. The molecule has 0 aliphatic carbocycles. The van der Waals surface area contributed by atoms with Crippen LogP contribution < -0.4 is 10.1 Å². The number of aryl methyl sites for hydroxylation is 1. The van der Waals surface area contributed by atoms with E-state index in [1.54, 1.807) is 7.11 Å². The second-order valence-electron chi connectivity index (χ2n) is 5.59. The maximum atomic E-state index is 10.2. The van der Waals surface area contributed by atoms with Crippen molar-refractivity contribution in [2.75, 3.05) is 13.7 Å². The van der Waals surface area contributed by atoms with Crippen molar-refractivity contribution in [3.63, 3.8) is 0 Å². The molecule has 0 spiro atoms. The van der Waals surface area contributed by atoms with Crippen LogP contribution in [0, 0.1) is 6.92 Å². The largest absolute Gasteiger partial charge is 0.496 e. The predicted octanol–water partition coefficient (Wildman–Crippen LogP) is 3.21. The molecule has 2 atom stereocenters. The molecule has 3 nitrogen and oxygen atoms in total. The third-order valence-electron chi connectivity index (χ3n) is 3.43. The van der Waals surface area contributed by atoms with Gasteiger partial charge in [0, 0.05) is 18.2 Å². The molecule has 0 heterocycles. The van der Waals surface area contributed by atoms with Gasteiger partial charge in [0.1, 0.15) is 5.75 Å². The van der Waals surface area contributed by atoms with Gasteiger partial charge in [0.05, 0.1) is 12.7 Å². The third kappa shape index (κ3) is 4.84. The summed E-state index contributed by atoms with van der Waals surface area (Å²) in [7, 11) is 1.69. The van der Waals surface area contributed by atoms with Crippen molar-refractivity contribution in [3.05, 3.63) is 29.3 Å². The predicted molar refractivity (Wildman–Crippen MR) is 79.7 cm³/mol. The normalized spacial score (nSPS) is 15.9. The maximum absolute atomic E-state index is 10.2. The lowest BCUT2D eigenvalue weighted by molar-refractivity contribution is 0.0476. The zero-order valence-electron chi connectivity index (χ0n) is 12.8. The lowest BCUT2D eigenvalue weighted by Crippen LogP contribution is -2.38. The highest BCUT2D eigenvalue weighted by Crippen LogP contribution is 2.26. The molecular weight excluding hydrogens is 238 g/mol. The molecule has 3 heteroatoms. The Morgan fingerprint density at radius 1 is 1.42 bits per heavy atom. The Bertz CT molecular complexity index is 402. The summed E-state index contributed by atoms with van der Waals surface area (Å²) in [5.41, 5.74) is 1.66. The number of benzene rings is 1. The van der Waals surface area contributed by atoms with Crippen LogP contribution in [0.1, 0.15) is 50.8 Å². The molecule has 1 aromatic rings. The Morgan fingerprint density at radius 2 is 2.11 bits per heavy atom. The van der Waals surface area contributed by atoms with Gasteiger partial charge in [0.25, 0.3) is 0 Å². The van der Waals surface area contributed by atoms with E-state index in [9.17, 15) is 5.11 Å². The van der Waals surface area contributed by atoms with Crippen LogP contribution in [0.5, 0.6) is 5.75 Å². The Balaban J connectivity index is 2.70. The molecule has 0 saturated carbocycles. The Labute approximate surface area is 117 Å². The van der Waals surface area contributed by atoms with Crippen molar-refractivity contribution in [3.8, 4) is 5.75 Å². The molecule has 108 valence electrons. The standard InChI is InChI=1S/C16H27NO2/c1-6-9-16(4,18)11-17-13(3)14-8-7-12(2)10-15(14)19-5/h7-8,10,13,17-18H,6,9,11H2,1-5H3. The monoisotopic (exact) mass is 265 g/mol. The fourth-order valence-corrected chi connectivity index (χ4v) is 2.29. The van der Waals surface area contributed by atoms with Crippen LogP contribution in [0.15, 0.2) is 18.2 Å². The van der Waals surface area contributed by atoms with Crippen LogP contribution in [-0.4, -0.2) is 24.4 Å². The van der Waals surface area contributed by atoms with Crippen LogP contribution in [-0.2, 0) is 0 Å². The second-order valence-corrected chi connectivity index (χ2v) is 5.59. The van der Waals surface area contributed by atoms with Crippen LogP contribution in [0.2, 0.25) is 0 Å². The SMILES string of the molecule is CCCC(C)(O)CNC(C)c1ccc(C)cc1OC. The van der Waals surface area contributed by atoms with E-state index >= 15 is 0 Å². The molecule has 0 aliphatic heterocycles. The van der Waals surface area contributed by atoms with E-state index in [1.165, 1.54) is 5.56 Å². The maximum Gasteiger partial charge on any atom is 0.123 e. The molecular formula is C16H27NO2. The first kappa shape index (κ1) is 16.0. The highest BCUT2D eigenvalue weighted by atomic mass is 16.5. The van der Waals surface area contributed by atoms with E-state index in [0.29, 0.717) is 6.54 Å². The minimum Gasteiger partial charge on any atom is -0.496 e. The zero-order valence-corrected chi connectivity index (χ0v) is 12.8. The summed E-state index contributed by atoms with van der Waals surface area (Å²) in [5, 5.41) is 13.6. The lowest BCUT2D eigenvalue weighted by atomic mass is 9.99. The zero-order chi connectivity index (χ0) is 14.5. The number of rotatable bonds is 7. The van der Waals surface area contributed by atoms with Gasteiger partial charge in [-0.25, -0.2) is 0 Å². The lowest BCUT2D eigenvalue weighted by Gasteiger charge is -2.26. The van der Waals surface area contributed by atoms with Gasteiger partial charge >= 0.3 is 0 Å². The summed E-state index contributed by atoms with van der Waals surface area (Å²) < 4.78 is 5.42. The summed E-state index contributed by atoms with van der Waals surface area (Å²) in [6.45, 7) is 8.69. The molecule has 2 N–H and O–H groups in total. The number of nitrogens with one attached hydrogen (secondary N) is 1. The average Bonchev–Trinajstić information content (AvgIpc) is 2.35. The van der Waals surface area contributed by atoms with Crippen molar-refractivity contribution in [2.24, 2.45) is 0 Å². The molecule has 0 radical (unpaired) electrons. The van der Waals surface area contributed by atoms with Gasteiger partial charge in [0.15, 0.2) is 0 Å². The smallest absolute Gasteiger partial charge is 0.123 e. The van der Waals surface area contributed by atoms with Gasteiger partial charge in [-0.15, -0.1) is 0 Å². The first-order valence-corrected chi connectivity index (χ1v) is 7.00. The van der Waals surface area contributed by atoms with Gasteiger partial charge in [-0.2, -0.15) is 0 Å². The number of ether oxygens (including phenoxy) is 1. The summed E-state index contributed by atoms with van der Waals surface area (Å²) in [5.74, 6) is 0.898.